The van der Waals surface area contributed by atoms with E-state index in [2.05, 4.69) is 49.9 Å². The van der Waals surface area contributed by atoms with E-state index >= 15 is 0 Å². The van der Waals surface area contributed by atoms with Gasteiger partial charge >= 0.3 is 12.2 Å². The van der Waals surface area contributed by atoms with Crippen LogP contribution < -0.4 is 10.6 Å². The number of rotatable bonds is 11. The van der Waals surface area contributed by atoms with Crippen LogP contribution in [0.4, 0.5) is 9.59 Å². The quantitative estimate of drug-likeness (QED) is 0.128. The van der Waals surface area contributed by atoms with E-state index in [0.29, 0.717) is 13.1 Å². The van der Waals surface area contributed by atoms with Crippen molar-refractivity contribution in [3.63, 3.8) is 0 Å². The maximum atomic E-state index is 13.6. The third-order valence-corrected chi connectivity index (χ3v) is 11.0. The van der Waals surface area contributed by atoms with E-state index in [9.17, 15) is 19.2 Å². The van der Waals surface area contributed by atoms with Gasteiger partial charge in [-0.2, -0.15) is 54.0 Å². The first-order chi connectivity index (χ1) is 25.5. The number of carbonyl (C=O) groups is 4. The van der Waals surface area contributed by atoms with Gasteiger partial charge in [-0.1, -0.05) is 39.8 Å². The van der Waals surface area contributed by atoms with Crippen molar-refractivity contribution in [2.75, 3.05) is 27.3 Å². The lowest BCUT2D eigenvalue weighted by Crippen LogP contribution is -2.51. The molecule has 2 aliphatic rings. The van der Waals surface area contributed by atoms with Crippen LogP contribution in [0.5, 0.6) is 0 Å². The fourth-order valence-corrected chi connectivity index (χ4v) is 7.97. The Bertz CT molecular complexity index is 2000. The molecule has 5 heterocycles. The van der Waals surface area contributed by atoms with Crippen molar-refractivity contribution >= 4 is 113 Å². The molecule has 314 valence electrons. The summed E-state index contributed by atoms with van der Waals surface area (Å²) >= 11 is 1.63. The van der Waals surface area contributed by atoms with Crippen LogP contribution in [0.25, 0.3) is 33.8 Å². The third kappa shape index (κ3) is 11.2. The van der Waals surface area contributed by atoms with Crippen molar-refractivity contribution in [1.29, 1.82) is 0 Å². The molecule has 14 nitrogen and oxygen atoms in total. The summed E-state index contributed by atoms with van der Waals surface area (Å²) in [4.78, 5) is 73.1. The number of thiophene rings is 1. The number of carbonyl (C=O) groups excluding carboxylic acids is 4. The van der Waals surface area contributed by atoms with Crippen molar-refractivity contribution in [2.45, 2.75) is 77.5 Å². The molecule has 1 aromatic carbocycles. The number of aromatic nitrogens is 4. The molecule has 0 saturated carbocycles. The maximum absolute atomic E-state index is 13.6. The van der Waals surface area contributed by atoms with Crippen LogP contribution >= 0.6 is 65.3 Å². The number of fused-ring (bicyclic) bond motifs is 1. The zero-order valence-electron chi connectivity index (χ0n) is 33.0. The van der Waals surface area contributed by atoms with Crippen LogP contribution in [0.2, 0.25) is 0 Å². The molecule has 4 atom stereocenters. The van der Waals surface area contributed by atoms with Crippen LogP contribution in [0.15, 0.2) is 36.5 Å². The standard InChI is InChI=1S/C38H48N8O6S.4H2S/c1-21(2)31(43-37(49)51-5)35(47)45-17-7-9-28(45)33-39-20-27(42-33)30-16-14-24(53-30)13-11-23-12-15-25-26(19-23)41-34(40-25)29-10-8-18-46(29)36(48)32(22(3)4)44-38(50)52-6;;;;/h11-16,19-22,28-29,31-32H,7-10,17-18H2,1-6H3,(H,39,42)(H,40,41)(H,43,49)(H,44,50);4*1H2/b13-11+;;;;/t28?,29-,31-,32-;;;;/m0..../s1. The topological polar surface area (TPSA) is 175 Å². The summed E-state index contributed by atoms with van der Waals surface area (Å²) in [6.07, 6.45) is 7.95. The molecule has 1 unspecified atom stereocenters. The fraction of sp³-hybridized carbons (Fsp3) is 0.474. The molecule has 4 aromatic rings. The van der Waals surface area contributed by atoms with E-state index in [1.54, 1.807) is 11.3 Å². The minimum Gasteiger partial charge on any atom is -0.453 e. The number of likely N-dealkylation sites (tertiary alicyclic amines) is 2. The summed E-state index contributed by atoms with van der Waals surface area (Å²) in [5.74, 6) is 0.974. The number of hydrogen-bond donors (Lipinski definition) is 4. The summed E-state index contributed by atoms with van der Waals surface area (Å²) < 4.78 is 9.50. The van der Waals surface area contributed by atoms with E-state index in [1.807, 2.05) is 61.9 Å². The van der Waals surface area contributed by atoms with E-state index < -0.39 is 24.3 Å². The van der Waals surface area contributed by atoms with Crippen molar-refractivity contribution in [1.82, 2.24) is 40.4 Å². The molecule has 3 aromatic heterocycles. The molecule has 57 heavy (non-hydrogen) atoms. The SMILES string of the molecule is COC(=O)N[C@H](C(=O)N1CCCC1c1ncc(-c2ccc(/C=C/c3ccc4nc([C@@H]5CCCN5C(=O)[C@@H](NC(=O)OC)C(C)C)[nH]c4c3)s2)[nH]1)C(C)C.S.S.S.S. The average Bonchev–Trinajstić information content (AvgIpc) is 3.98. The summed E-state index contributed by atoms with van der Waals surface area (Å²) in [6.45, 7) is 8.79. The molecule has 19 heteroatoms. The molecular formula is C38H56N8O6S5. The zero-order valence-corrected chi connectivity index (χ0v) is 37.8. The molecule has 2 fully saturated rings. The molecule has 4 N–H and O–H groups in total. The highest BCUT2D eigenvalue weighted by Crippen LogP contribution is 2.35. The number of ether oxygens (including phenoxy) is 2. The van der Waals surface area contributed by atoms with Crippen molar-refractivity contribution in [3.8, 4) is 10.6 Å². The molecule has 0 spiro atoms. The minimum absolute atomic E-state index is 0. The average molecular weight is 881 g/mol. The molecule has 0 radical (unpaired) electrons. The number of nitrogens with one attached hydrogen (secondary N) is 4. The van der Waals surface area contributed by atoms with Gasteiger partial charge in [0.25, 0.3) is 0 Å². The summed E-state index contributed by atoms with van der Waals surface area (Å²) in [5.41, 5.74) is 3.58. The first kappa shape index (κ1) is 49.4. The van der Waals surface area contributed by atoms with Gasteiger partial charge in [0, 0.05) is 18.0 Å². The number of methoxy groups -OCH3 is 2. The Morgan fingerprint density at radius 1 is 0.789 bits per heavy atom. The van der Waals surface area contributed by atoms with Gasteiger partial charge in [-0.15, -0.1) is 11.3 Å². The Morgan fingerprint density at radius 3 is 1.89 bits per heavy atom. The number of aromatic amines is 2. The molecule has 6 rings (SSSR count). The third-order valence-electron chi connectivity index (χ3n) is 9.94. The summed E-state index contributed by atoms with van der Waals surface area (Å²) in [5, 5.41) is 5.39. The number of hydrogen-bond acceptors (Lipinski definition) is 9. The van der Waals surface area contributed by atoms with Crippen LogP contribution in [-0.4, -0.2) is 93.1 Å². The molecule has 0 aliphatic carbocycles. The van der Waals surface area contributed by atoms with Gasteiger partial charge in [-0.25, -0.2) is 19.6 Å². The fourth-order valence-electron chi connectivity index (χ4n) is 7.09. The van der Waals surface area contributed by atoms with E-state index in [0.717, 1.165) is 69.4 Å². The largest absolute Gasteiger partial charge is 0.453 e. The van der Waals surface area contributed by atoms with Gasteiger partial charge in [-0.05, 0) is 73.4 Å². The predicted molar refractivity (Wildman–Crippen MR) is 244 cm³/mol. The molecule has 4 amide bonds. The van der Waals surface area contributed by atoms with Crippen LogP contribution in [0, 0.1) is 11.8 Å². The Morgan fingerprint density at radius 2 is 1.35 bits per heavy atom. The zero-order chi connectivity index (χ0) is 37.8. The highest BCUT2D eigenvalue weighted by atomic mass is 32.1. The monoisotopic (exact) mass is 880 g/mol. The number of alkyl carbamates (subject to hydrolysis) is 2. The smallest absolute Gasteiger partial charge is 0.407 e. The maximum Gasteiger partial charge on any atom is 0.407 e. The summed E-state index contributed by atoms with van der Waals surface area (Å²) in [6, 6.07) is 8.37. The van der Waals surface area contributed by atoms with Gasteiger partial charge < -0.3 is 39.9 Å². The first-order valence-electron chi connectivity index (χ1n) is 18.1. The number of nitrogens with zero attached hydrogens (tertiary/aromatic N) is 4. The Balaban J connectivity index is 0.00000280. The second-order valence-corrected chi connectivity index (χ2v) is 15.3. The van der Waals surface area contributed by atoms with Gasteiger partial charge in [0.15, 0.2) is 0 Å². The summed E-state index contributed by atoms with van der Waals surface area (Å²) in [7, 11) is 2.58. The van der Waals surface area contributed by atoms with Gasteiger partial charge in [0.05, 0.1) is 54.1 Å². The normalized spacial score (nSPS) is 17.3. The predicted octanol–water partition coefficient (Wildman–Crippen LogP) is 6.72. The highest BCUT2D eigenvalue weighted by Gasteiger charge is 2.39. The lowest BCUT2D eigenvalue weighted by Gasteiger charge is -2.30. The highest BCUT2D eigenvalue weighted by molar-refractivity contribution is 7.59. The first-order valence-corrected chi connectivity index (χ1v) is 18.9. The van der Waals surface area contributed by atoms with Crippen LogP contribution in [-0.2, 0) is 19.1 Å². The van der Waals surface area contributed by atoms with Crippen molar-refractivity contribution in [2.24, 2.45) is 11.8 Å². The molecule has 2 saturated heterocycles. The Labute approximate surface area is 365 Å². The van der Waals surface area contributed by atoms with Crippen LogP contribution in [0.1, 0.15) is 87.6 Å². The van der Waals surface area contributed by atoms with Crippen molar-refractivity contribution < 1.29 is 28.7 Å². The van der Waals surface area contributed by atoms with Crippen molar-refractivity contribution in [3.05, 3.63) is 58.6 Å². The number of imidazole rings is 2. The number of benzene rings is 1. The molecule has 0 bridgehead atoms. The van der Waals surface area contributed by atoms with E-state index in [-0.39, 0.29) is 89.7 Å². The van der Waals surface area contributed by atoms with E-state index in [4.69, 9.17) is 14.5 Å². The number of H-pyrrole nitrogens is 2. The number of amides is 4. The van der Waals surface area contributed by atoms with E-state index in [1.165, 1.54) is 14.2 Å². The Kier molecular flexibility index (Phi) is 18.9. The van der Waals surface area contributed by atoms with Gasteiger partial charge in [0.2, 0.25) is 11.8 Å². The minimum atomic E-state index is -0.688. The lowest BCUT2D eigenvalue weighted by atomic mass is 10.0. The van der Waals surface area contributed by atoms with Gasteiger partial charge in [0.1, 0.15) is 23.7 Å². The second kappa shape index (κ2) is 21.8. The Hall–Kier alpha value is -3.78. The lowest BCUT2D eigenvalue weighted by molar-refractivity contribution is -0.136. The molecule has 2 aliphatic heterocycles. The van der Waals surface area contributed by atoms with Crippen LogP contribution in [0.3, 0.4) is 0 Å². The second-order valence-electron chi connectivity index (χ2n) is 14.2. The van der Waals surface area contributed by atoms with Gasteiger partial charge in [-0.3, -0.25) is 9.59 Å². The molecular weight excluding hydrogens is 825 g/mol.